The second kappa shape index (κ2) is 3.73. The van der Waals surface area contributed by atoms with Gasteiger partial charge in [0.2, 0.25) is 0 Å². The lowest BCUT2D eigenvalue weighted by Gasteiger charge is -2.34. The molecule has 0 aromatic rings. The number of rotatable bonds is 2. The van der Waals surface area contributed by atoms with E-state index < -0.39 is 0 Å². The lowest BCUT2D eigenvalue weighted by atomic mass is 9.70. The maximum Gasteiger partial charge on any atom is 0.254 e. The van der Waals surface area contributed by atoms with Crippen molar-refractivity contribution >= 4 is 23.2 Å². The van der Waals surface area contributed by atoms with Crippen LogP contribution in [-0.2, 0) is 4.79 Å². The third kappa shape index (κ3) is 1.48. The molecule has 2 saturated carbocycles. The Bertz CT molecular complexity index is 351. The van der Waals surface area contributed by atoms with Gasteiger partial charge in [-0.3, -0.25) is 4.79 Å². The summed E-state index contributed by atoms with van der Waals surface area (Å²) in [6, 6.07) is 0. The van der Waals surface area contributed by atoms with Crippen LogP contribution in [0.1, 0.15) is 40.0 Å². The molecule has 0 aliphatic heterocycles. The molecule has 16 heavy (non-hydrogen) atoms. The van der Waals surface area contributed by atoms with Crippen LogP contribution < -0.4 is 5.43 Å². The summed E-state index contributed by atoms with van der Waals surface area (Å²) in [5, 5.41) is 4.28. The van der Waals surface area contributed by atoms with Crippen LogP contribution in [0.3, 0.4) is 0 Å². The lowest BCUT2D eigenvalue weighted by molar-refractivity contribution is -0.118. The molecule has 2 aliphatic rings. The molecule has 3 nitrogen and oxygen atoms in total. The number of fused-ring (bicyclic) bond motifs is 2. The molecule has 2 atom stereocenters. The van der Waals surface area contributed by atoms with Crippen LogP contribution in [0.15, 0.2) is 5.10 Å². The first-order chi connectivity index (χ1) is 7.41. The Balaban J connectivity index is 2.18. The number of halogens is 1. The Labute approximate surface area is 102 Å². The number of carbonyl (C=O) groups is 1. The minimum absolute atomic E-state index is 0.0275. The fourth-order valence-electron chi connectivity index (χ4n) is 3.26. The maximum absolute atomic E-state index is 11.1. The van der Waals surface area contributed by atoms with Crippen LogP contribution in [0.2, 0.25) is 0 Å². The van der Waals surface area contributed by atoms with E-state index in [4.69, 9.17) is 11.6 Å². The van der Waals surface area contributed by atoms with Gasteiger partial charge in [0.1, 0.15) is 5.88 Å². The lowest BCUT2D eigenvalue weighted by Crippen LogP contribution is -2.34. The minimum atomic E-state index is -0.224. The molecule has 1 N–H and O–H groups in total. The van der Waals surface area contributed by atoms with Gasteiger partial charge in [-0.15, -0.1) is 11.6 Å². The summed E-state index contributed by atoms with van der Waals surface area (Å²) in [5.41, 5.74) is 4.14. The van der Waals surface area contributed by atoms with Crippen LogP contribution in [0.4, 0.5) is 0 Å². The van der Waals surface area contributed by atoms with Crippen LogP contribution in [0.25, 0.3) is 0 Å². The normalized spacial score (nSPS) is 38.0. The standard InChI is InChI=1S/C12H19ClN2O/c1-11(2)8-4-5-12(11,3)9(6-8)14-15-10(16)7-13/h8H,4-7H2,1-3H3,(H,15,16)/b14-9+. The fraction of sp³-hybridized carbons (Fsp3) is 0.833. The van der Waals surface area contributed by atoms with Crippen molar-refractivity contribution in [2.45, 2.75) is 40.0 Å². The zero-order chi connectivity index (χ0) is 12.0. The van der Waals surface area contributed by atoms with E-state index in [-0.39, 0.29) is 17.2 Å². The highest BCUT2D eigenvalue weighted by Gasteiger charge is 2.59. The number of nitrogens with one attached hydrogen (secondary N) is 1. The van der Waals surface area contributed by atoms with Gasteiger partial charge in [-0.05, 0) is 30.6 Å². The molecule has 0 aromatic heterocycles. The summed E-state index contributed by atoms with van der Waals surface area (Å²) < 4.78 is 0. The Kier molecular flexibility index (Phi) is 2.77. The van der Waals surface area contributed by atoms with Crippen molar-refractivity contribution in [3.8, 4) is 0 Å². The molecule has 90 valence electrons. The molecule has 0 radical (unpaired) electrons. The molecule has 2 aliphatic carbocycles. The van der Waals surface area contributed by atoms with Crippen molar-refractivity contribution in [1.29, 1.82) is 0 Å². The number of carbonyl (C=O) groups excluding carboxylic acids is 1. The van der Waals surface area contributed by atoms with Crippen LogP contribution in [0, 0.1) is 16.7 Å². The molecule has 0 heterocycles. The van der Waals surface area contributed by atoms with Crippen LogP contribution in [0.5, 0.6) is 0 Å². The van der Waals surface area contributed by atoms with E-state index in [1.165, 1.54) is 12.8 Å². The molecule has 2 bridgehead atoms. The van der Waals surface area contributed by atoms with Gasteiger partial charge < -0.3 is 0 Å². The Hall–Kier alpha value is -0.570. The third-order valence-corrected chi connectivity index (χ3v) is 5.19. The second-order valence-corrected chi connectivity index (χ2v) is 5.99. The van der Waals surface area contributed by atoms with Gasteiger partial charge in [0.05, 0.1) is 0 Å². The summed E-state index contributed by atoms with van der Waals surface area (Å²) >= 11 is 5.43. The zero-order valence-electron chi connectivity index (χ0n) is 10.1. The number of amides is 1. The molecule has 0 aromatic carbocycles. The first-order valence-electron chi connectivity index (χ1n) is 5.83. The Morgan fingerprint density at radius 2 is 2.25 bits per heavy atom. The van der Waals surface area contributed by atoms with Gasteiger partial charge in [-0.1, -0.05) is 20.8 Å². The van der Waals surface area contributed by atoms with Gasteiger partial charge >= 0.3 is 0 Å². The van der Waals surface area contributed by atoms with Crippen molar-refractivity contribution in [3.05, 3.63) is 0 Å². The largest absolute Gasteiger partial charge is 0.272 e. The maximum atomic E-state index is 11.1. The van der Waals surface area contributed by atoms with Gasteiger partial charge in [0.15, 0.2) is 0 Å². The first-order valence-corrected chi connectivity index (χ1v) is 6.37. The number of hydrogen-bond donors (Lipinski definition) is 1. The van der Waals surface area contributed by atoms with Crippen molar-refractivity contribution in [2.24, 2.45) is 21.8 Å². The molecule has 0 saturated heterocycles. The van der Waals surface area contributed by atoms with Gasteiger partial charge in [-0.2, -0.15) is 5.10 Å². The first kappa shape index (κ1) is 11.9. The highest BCUT2D eigenvalue weighted by molar-refractivity contribution is 6.27. The average molecular weight is 243 g/mol. The number of hydrogen-bond acceptors (Lipinski definition) is 2. The highest BCUT2D eigenvalue weighted by atomic mass is 35.5. The molecular weight excluding hydrogens is 224 g/mol. The van der Waals surface area contributed by atoms with Crippen LogP contribution >= 0.6 is 11.6 Å². The Morgan fingerprint density at radius 1 is 1.56 bits per heavy atom. The van der Waals surface area contributed by atoms with Crippen molar-refractivity contribution < 1.29 is 4.79 Å². The third-order valence-electron chi connectivity index (χ3n) is 4.95. The Morgan fingerprint density at radius 3 is 2.69 bits per heavy atom. The predicted octanol–water partition coefficient (Wildman–Crippen LogP) is 2.54. The zero-order valence-corrected chi connectivity index (χ0v) is 10.9. The summed E-state index contributed by atoms with van der Waals surface area (Å²) in [6.07, 6.45) is 3.48. The number of alkyl halides is 1. The van der Waals surface area contributed by atoms with Crippen molar-refractivity contribution in [1.82, 2.24) is 5.43 Å². The number of nitrogens with zero attached hydrogens (tertiary/aromatic N) is 1. The molecule has 2 fully saturated rings. The summed E-state index contributed by atoms with van der Waals surface area (Å²) in [6.45, 7) is 6.90. The highest BCUT2D eigenvalue weighted by Crippen LogP contribution is 2.63. The average Bonchev–Trinajstić information content (AvgIpc) is 2.58. The quantitative estimate of drug-likeness (QED) is 0.587. The SMILES string of the molecule is CC12CCC(C/C1=N\NC(=O)CCl)C2(C)C. The molecule has 1 amide bonds. The summed E-state index contributed by atoms with van der Waals surface area (Å²) in [7, 11) is 0. The molecule has 2 rings (SSSR count). The predicted molar refractivity (Wildman–Crippen MR) is 65.5 cm³/mol. The van der Waals surface area contributed by atoms with E-state index in [0.29, 0.717) is 11.3 Å². The molecule has 4 heteroatoms. The van der Waals surface area contributed by atoms with E-state index in [0.717, 1.165) is 12.1 Å². The molecule has 2 unspecified atom stereocenters. The summed E-state index contributed by atoms with van der Waals surface area (Å²) in [4.78, 5) is 11.1. The monoisotopic (exact) mass is 242 g/mol. The number of hydrazone groups is 1. The van der Waals surface area contributed by atoms with Crippen molar-refractivity contribution in [3.63, 3.8) is 0 Å². The van der Waals surface area contributed by atoms with Gasteiger partial charge in [0, 0.05) is 11.1 Å². The smallest absolute Gasteiger partial charge is 0.254 e. The van der Waals surface area contributed by atoms with Crippen molar-refractivity contribution in [2.75, 3.05) is 5.88 Å². The van der Waals surface area contributed by atoms with E-state index in [9.17, 15) is 4.79 Å². The van der Waals surface area contributed by atoms with E-state index in [2.05, 4.69) is 31.3 Å². The van der Waals surface area contributed by atoms with E-state index >= 15 is 0 Å². The topological polar surface area (TPSA) is 41.5 Å². The minimum Gasteiger partial charge on any atom is -0.272 e. The van der Waals surface area contributed by atoms with E-state index in [1.54, 1.807) is 0 Å². The fourth-order valence-corrected chi connectivity index (χ4v) is 3.32. The van der Waals surface area contributed by atoms with Gasteiger partial charge in [0.25, 0.3) is 5.91 Å². The second-order valence-electron chi connectivity index (χ2n) is 5.72. The summed E-state index contributed by atoms with van der Waals surface area (Å²) in [5.74, 6) is 0.461. The molecule has 0 spiro atoms. The van der Waals surface area contributed by atoms with Crippen LogP contribution in [-0.4, -0.2) is 17.5 Å². The molecular formula is C12H19ClN2O. The van der Waals surface area contributed by atoms with Gasteiger partial charge in [-0.25, -0.2) is 5.43 Å². The van der Waals surface area contributed by atoms with E-state index in [1.807, 2.05) is 0 Å².